The summed E-state index contributed by atoms with van der Waals surface area (Å²) in [7, 11) is 3.46. The average molecular weight is 298 g/mol. The first-order valence-electron chi connectivity index (χ1n) is 7.30. The molecule has 2 aromatic carbocycles. The summed E-state index contributed by atoms with van der Waals surface area (Å²) in [6, 6.07) is 17.3. The van der Waals surface area contributed by atoms with Crippen molar-refractivity contribution < 1.29 is 9.53 Å². The minimum absolute atomic E-state index is 0.0331. The van der Waals surface area contributed by atoms with Gasteiger partial charge >= 0.3 is 0 Å². The van der Waals surface area contributed by atoms with Crippen molar-refractivity contribution in [3.8, 4) is 0 Å². The Kier molecular flexibility index (Phi) is 5.55. The molecule has 0 aromatic heterocycles. The third-order valence-corrected chi connectivity index (χ3v) is 3.39. The van der Waals surface area contributed by atoms with E-state index in [-0.39, 0.29) is 11.9 Å². The number of para-hydroxylation sites is 1. The molecule has 0 saturated heterocycles. The molecule has 116 valence electrons. The molecule has 0 bridgehead atoms. The highest BCUT2D eigenvalue weighted by Gasteiger charge is 2.13. The van der Waals surface area contributed by atoms with Crippen molar-refractivity contribution in [1.82, 2.24) is 0 Å². The number of hydrogen-bond donors (Lipinski definition) is 1. The normalized spacial score (nSPS) is 11.8. The highest BCUT2D eigenvalue weighted by molar-refractivity contribution is 6.06. The van der Waals surface area contributed by atoms with E-state index in [1.54, 1.807) is 19.1 Å². The fraction of sp³-hybridized carbons (Fsp3) is 0.278. The van der Waals surface area contributed by atoms with E-state index in [0.29, 0.717) is 12.2 Å². The Bertz CT molecular complexity index is 613. The maximum absolute atomic E-state index is 12.6. The zero-order chi connectivity index (χ0) is 15.9. The maximum atomic E-state index is 12.6. The van der Waals surface area contributed by atoms with E-state index in [1.165, 1.54) is 0 Å². The number of methoxy groups -OCH3 is 1. The number of rotatable bonds is 6. The Hall–Kier alpha value is -2.33. The van der Waals surface area contributed by atoms with Crippen LogP contribution >= 0.6 is 0 Å². The Labute approximate surface area is 131 Å². The molecule has 1 amide bonds. The molecule has 0 saturated carbocycles. The summed E-state index contributed by atoms with van der Waals surface area (Å²) >= 11 is 0. The van der Waals surface area contributed by atoms with Gasteiger partial charge in [-0.05, 0) is 37.3 Å². The summed E-state index contributed by atoms with van der Waals surface area (Å²) in [4.78, 5) is 14.2. The number of hydrogen-bond acceptors (Lipinski definition) is 3. The summed E-state index contributed by atoms with van der Waals surface area (Å²) in [6.07, 6.45) is 0. The third-order valence-electron chi connectivity index (χ3n) is 3.39. The predicted octanol–water partition coefficient (Wildman–Crippen LogP) is 3.41. The highest BCUT2D eigenvalue weighted by atomic mass is 16.5. The molecule has 2 rings (SSSR count). The van der Waals surface area contributed by atoms with Crippen LogP contribution in [0.4, 0.5) is 11.4 Å². The molecule has 4 nitrogen and oxygen atoms in total. The average Bonchev–Trinajstić information content (AvgIpc) is 2.54. The number of carbonyl (C=O) groups is 1. The van der Waals surface area contributed by atoms with E-state index >= 15 is 0 Å². The first-order valence-corrected chi connectivity index (χ1v) is 7.30. The van der Waals surface area contributed by atoms with Crippen molar-refractivity contribution in [2.75, 3.05) is 31.0 Å². The van der Waals surface area contributed by atoms with Crippen LogP contribution in [0, 0.1) is 0 Å². The predicted molar refractivity (Wildman–Crippen MR) is 90.6 cm³/mol. The SMILES string of the molecule is COC[C@H](C)Nc1cccc(C(=O)N(C)c2ccccc2)c1. The van der Waals surface area contributed by atoms with Gasteiger partial charge in [0.2, 0.25) is 0 Å². The number of anilines is 2. The second-order valence-corrected chi connectivity index (χ2v) is 5.28. The first kappa shape index (κ1) is 16.0. The number of carbonyl (C=O) groups excluding carboxylic acids is 1. The van der Waals surface area contributed by atoms with E-state index < -0.39 is 0 Å². The molecule has 0 radical (unpaired) electrons. The molecular weight excluding hydrogens is 276 g/mol. The zero-order valence-corrected chi connectivity index (χ0v) is 13.2. The Morgan fingerprint density at radius 3 is 2.59 bits per heavy atom. The lowest BCUT2D eigenvalue weighted by atomic mass is 10.1. The van der Waals surface area contributed by atoms with Gasteiger partial charge in [0.15, 0.2) is 0 Å². The minimum atomic E-state index is -0.0331. The summed E-state index contributed by atoms with van der Waals surface area (Å²) in [6.45, 7) is 2.65. The molecule has 4 heteroatoms. The van der Waals surface area contributed by atoms with Gasteiger partial charge in [0, 0.05) is 37.1 Å². The van der Waals surface area contributed by atoms with Gasteiger partial charge in [-0.3, -0.25) is 4.79 Å². The van der Waals surface area contributed by atoms with Crippen LogP contribution in [0.3, 0.4) is 0 Å². The smallest absolute Gasteiger partial charge is 0.258 e. The van der Waals surface area contributed by atoms with Gasteiger partial charge in [0.25, 0.3) is 5.91 Å². The fourth-order valence-electron chi connectivity index (χ4n) is 2.28. The second-order valence-electron chi connectivity index (χ2n) is 5.28. The van der Waals surface area contributed by atoms with Crippen LogP contribution in [0.25, 0.3) is 0 Å². The van der Waals surface area contributed by atoms with Crippen LogP contribution in [0.15, 0.2) is 54.6 Å². The summed E-state index contributed by atoms with van der Waals surface area (Å²) < 4.78 is 5.11. The first-order chi connectivity index (χ1) is 10.6. The summed E-state index contributed by atoms with van der Waals surface area (Å²) in [5, 5.41) is 3.32. The Morgan fingerprint density at radius 2 is 1.91 bits per heavy atom. The quantitative estimate of drug-likeness (QED) is 0.888. The van der Waals surface area contributed by atoms with Gasteiger partial charge < -0.3 is 15.0 Å². The molecule has 22 heavy (non-hydrogen) atoms. The third kappa shape index (κ3) is 4.09. The van der Waals surface area contributed by atoms with Crippen molar-refractivity contribution in [2.24, 2.45) is 0 Å². The van der Waals surface area contributed by atoms with E-state index in [0.717, 1.165) is 11.4 Å². The van der Waals surface area contributed by atoms with E-state index in [4.69, 9.17) is 4.74 Å². The molecule has 0 spiro atoms. The van der Waals surface area contributed by atoms with Gasteiger partial charge in [0.05, 0.1) is 6.61 Å². The monoisotopic (exact) mass is 298 g/mol. The van der Waals surface area contributed by atoms with Crippen molar-refractivity contribution >= 4 is 17.3 Å². The lowest BCUT2D eigenvalue weighted by molar-refractivity contribution is 0.0993. The fourth-order valence-corrected chi connectivity index (χ4v) is 2.28. The lowest BCUT2D eigenvalue weighted by Crippen LogP contribution is -2.26. The number of ether oxygens (including phenoxy) is 1. The van der Waals surface area contributed by atoms with E-state index in [2.05, 4.69) is 5.32 Å². The standard InChI is InChI=1S/C18H22N2O2/c1-14(13-22-3)19-16-9-7-8-15(12-16)18(21)20(2)17-10-5-4-6-11-17/h4-12,14,19H,13H2,1-3H3/t14-/m0/s1. The zero-order valence-electron chi connectivity index (χ0n) is 13.2. The Morgan fingerprint density at radius 1 is 1.18 bits per heavy atom. The van der Waals surface area contributed by atoms with Crippen molar-refractivity contribution in [3.63, 3.8) is 0 Å². The molecule has 0 aliphatic heterocycles. The molecule has 1 atom stereocenters. The van der Waals surface area contributed by atoms with Crippen LogP contribution in [-0.2, 0) is 4.74 Å². The number of benzene rings is 2. The lowest BCUT2D eigenvalue weighted by Gasteiger charge is -2.19. The molecule has 0 unspecified atom stereocenters. The van der Waals surface area contributed by atoms with Gasteiger partial charge in [-0.15, -0.1) is 0 Å². The van der Waals surface area contributed by atoms with Crippen molar-refractivity contribution in [1.29, 1.82) is 0 Å². The molecule has 0 fully saturated rings. The van der Waals surface area contributed by atoms with Crippen LogP contribution in [0.5, 0.6) is 0 Å². The van der Waals surface area contributed by atoms with Gasteiger partial charge in [-0.1, -0.05) is 24.3 Å². The number of nitrogens with one attached hydrogen (secondary N) is 1. The summed E-state index contributed by atoms with van der Waals surface area (Å²) in [5.74, 6) is -0.0331. The highest BCUT2D eigenvalue weighted by Crippen LogP contribution is 2.17. The van der Waals surface area contributed by atoms with Crippen LogP contribution in [0.1, 0.15) is 17.3 Å². The molecule has 0 heterocycles. The largest absolute Gasteiger partial charge is 0.383 e. The minimum Gasteiger partial charge on any atom is -0.383 e. The second kappa shape index (κ2) is 7.61. The van der Waals surface area contributed by atoms with Gasteiger partial charge in [0.1, 0.15) is 0 Å². The van der Waals surface area contributed by atoms with Crippen LogP contribution in [-0.4, -0.2) is 32.7 Å². The van der Waals surface area contributed by atoms with E-state index in [1.807, 2.05) is 61.5 Å². The molecule has 0 aliphatic rings. The van der Waals surface area contributed by atoms with E-state index in [9.17, 15) is 4.79 Å². The van der Waals surface area contributed by atoms with Crippen LogP contribution in [0.2, 0.25) is 0 Å². The Balaban J connectivity index is 2.13. The molecule has 1 N–H and O–H groups in total. The van der Waals surface area contributed by atoms with Crippen LogP contribution < -0.4 is 10.2 Å². The maximum Gasteiger partial charge on any atom is 0.258 e. The molecular formula is C18H22N2O2. The summed E-state index contributed by atoms with van der Waals surface area (Å²) in [5.41, 5.74) is 2.44. The topological polar surface area (TPSA) is 41.6 Å². The van der Waals surface area contributed by atoms with Gasteiger partial charge in [-0.25, -0.2) is 0 Å². The van der Waals surface area contributed by atoms with Gasteiger partial charge in [-0.2, -0.15) is 0 Å². The molecule has 0 aliphatic carbocycles. The molecule has 2 aromatic rings. The van der Waals surface area contributed by atoms with Crippen molar-refractivity contribution in [3.05, 3.63) is 60.2 Å². The number of amides is 1. The number of nitrogens with zero attached hydrogens (tertiary/aromatic N) is 1. The van der Waals surface area contributed by atoms with Crippen molar-refractivity contribution in [2.45, 2.75) is 13.0 Å².